The fraction of sp³-hybridized carbons (Fsp3) is 0.312. The molecule has 0 bridgehead atoms. The minimum atomic E-state index is -0.295. The third kappa shape index (κ3) is 5.44. The highest BCUT2D eigenvalue weighted by molar-refractivity contribution is 9.10. The third-order valence-corrected chi connectivity index (χ3v) is 3.29. The van der Waals surface area contributed by atoms with Crippen LogP contribution in [0.2, 0.25) is 0 Å². The van der Waals surface area contributed by atoms with Crippen LogP contribution in [-0.2, 0) is 13.2 Å². The van der Waals surface area contributed by atoms with E-state index in [-0.39, 0.29) is 5.82 Å². The van der Waals surface area contributed by atoms with E-state index < -0.39 is 0 Å². The predicted octanol–water partition coefficient (Wildman–Crippen LogP) is 4.06. The molecule has 21 heavy (non-hydrogen) atoms. The van der Waals surface area contributed by atoms with Gasteiger partial charge in [-0.25, -0.2) is 4.39 Å². The predicted molar refractivity (Wildman–Crippen MR) is 84.6 cm³/mol. The van der Waals surface area contributed by atoms with Gasteiger partial charge in [-0.1, -0.05) is 13.8 Å². The van der Waals surface area contributed by atoms with Gasteiger partial charge in [0, 0.05) is 29.3 Å². The van der Waals surface area contributed by atoms with Crippen LogP contribution in [0.15, 0.2) is 41.0 Å². The van der Waals surface area contributed by atoms with E-state index >= 15 is 0 Å². The zero-order valence-corrected chi connectivity index (χ0v) is 13.7. The molecule has 0 amide bonds. The Kier molecular flexibility index (Phi) is 5.70. The van der Waals surface area contributed by atoms with Gasteiger partial charge in [0.05, 0.1) is 5.69 Å². The normalized spacial score (nSPS) is 10.9. The zero-order chi connectivity index (χ0) is 15.2. The standard InChI is InChI=1S/C16H18BrFN2O/c1-11(2)19-8-12-5-14(18)7-16(6-12)21-10-15-4-3-13(17)9-20-15/h3-7,9,11,19H,8,10H2,1-2H3. The van der Waals surface area contributed by atoms with Crippen LogP contribution in [0.25, 0.3) is 0 Å². The van der Waals surface area contributed by atoms with Gasteiger partial charge in [0.25, 0.3) is 0 Å². The highest BCUT2D eigenvalue weighted by atomic mass is 79.9. The number of halogens is 2. The van der Waals surface area contributed by atoms with Crippen LogP contribution in [0.5, 0.6) is 5.75 Å². The Hall–Kier alpha value is -1.46. The van der Waals surface area contributed by atoms with Crippen molar-refractivity contribution in [3.63, 3.8) is 0 Å². The molecule has 0 atom stereocenters. The molecule has 0 aliphatic heterocycles. The molecule has 0 fully saturated rings. The molecule has 0 saturated heterocycles. The van der Waals surface area contributed by atoms with Crippen molar-refractivity contribution >= 4 is 15.9 Å². The van der Waals surface area contributed by atoms with E-state index in [1.54, 1.807) is 6.20 Å². The molecule has 3 nitrogen and oxygen atoms in total. The molecular formula is C16H18BrFN2O. The highest BCUT2D eigenvalue weighted by Crippen LogP contribution is 2.18. The van der Waals surface area contributed by atoms with Crippen LogP contribution in [0.1, 0.15) is 25.1 Å². The second-order valence-corrected chi connectivity index (χ2v) is 6.00. The monoisotopic (exact) mass is 352 g/mol. The summed E-state index contributed by atoms with van der Waals surface area (Å²) in [4.78, 5) is 4.22. The van der Waals surface area contributed by atoms with E-state index in [1.165, 1.54) is 12.1 Å². The van der Waals surface area contributed by atoms with Crippen LogP contribution in [0.4, 0.5) is 4.39 Å². The van der Waals surface area contributed by atoms with Crippen molar-refractivity contribution in [1.82, 2.24) is 10.3 Å². The fourth-order valence-electron chi connectivity index (χ4n) is 1.78. The summed E-state index contributed by atoms with van der Waals surface area (Å²) in [6.45, 7) is 5.03. The molecule has 0 radical (unpaired) electrons. The molecule has 0 saturated carbocycles. The van der Waals surface area contributed by atoms with E-state index in [9.17, 15) is 4.39 Å². The molecule has 1 heterocycles. The Balaban J connectivity index is 2.00. The van der Waals surface area contributed by atoms with Gasteiger partial charge in [-0.2, -0.15) is 0 Å². The maximum absolute atomic E-state index is 13.6. The van der Waals surface area contributed by atoms with Crippen molar-refractivity contribution in [1.29, 1.82) is 0 Å². The van der Waals surface area contributed by atoms with Crippen molar-refractivity contribution in [2.24, 2.45) is 0 Å². The Morgan fingerprint density at radius 1 is 1.29 bits per heavy atom. The van der Waals surface area contributed by atoms with Gasteiger partial charge in [-0.3, -0.25) is 4.98 Å². The van der Waals surface area contributed by atoms with E-state index in [0.29, 0.717) is 24.9 Å². The number of aromatic nitrogens is 1. The number of ether oxygens (including phenoxy) is 1. The maximum atomic E-state index is 13.6. The van der Waals surface area contributed by atoms with E-state index in [2.05, 4.69) is 40.1 Å². The lowest BCUT2D eigenvalue weighted by Gasteiger charge is -2.11. The summed E-state index contributed by atoms with van der Waals surface area (Å²) < 4.78 is 20.1. The number of hydrogen-bond donors (Lipinski definition) is 1. The van der Waals surface area contributed by atoms with Gasteiger partial charge in [0.15, 0.2) is 0 Å². The molecule has 1 aromatic heterocycles. The first-order valence-electron chi connectivity index (χ1n) is 6.79. The average molecular weight is 353 g/mol. The Morgan fingerprint density at radius 3 is 2.76 bits per heavy atom. The van der Waals surface area contributed by atoms with Gasteiger partial charge in [-0.05, 0) is 45.8 Å². The summed E-state index contributed by atoms with van der Waals surface area (Å²) in [7, 11) is 0. The Labute approximate surface area is 132 Å². The molecular weight excluding hydrogens is 335 g/mol. The lowest BCUT2D eigenvalue weighted by molar-refractivity contribution is 0.299. The second kappa shape index (κ2) is 7.52. The summed E-state index contributed by atoms with van der Waals surface area (Å²) in [6, 6.07) is 8.86. The van der Waals surface area contributed by atoms with Crippen LogP contribution in [-0.4, -0.2) is 11.0 Å². The molecule has 2 rings (SSSR count). The summed E-state index contributed by atoms with van der Waals surface area (Å²) in [5, 5.41) is 3.26. The molecule has 112 valence electrons. The van der Waals surface area contributed by atoms with Crippen molar-refractivity contribution in [2.75, 3.05) is 0 Å². The highest BCUT2D eigenvalue weighted by Gasteiger charge is 2.04. The smallest absolute Gasteiger partial charge is 0.130 e. The molecule has 0 spiro atoms. The van der Waals surface area contributed by atoms with Crippen LogP contribution < -0.4 is 10.1 Å². The van der Waals surface area contributed by atoms with Crippen molar-refractivity contribution in [3.05, 3.63) is 58.1 Å². The van der Waals surface area contributed by atoms with Gasteiger partial charge in [-0.15, -0.1) is 0 Å². The first-order valence-corrected chi connectivity index (χ1v) is 7.58. The number of nitrogens with one attached hydrogen (secondary N) is 1. The van der Waals surface area contributed by atoms with Crippen molar-refractivity contribution in [3.8, 4) is 5.75 Å². The van der Waals surface area contributed by atoms with Gasteiger partial charge in [0.1, 0.15) is 18.2 Å². The van der Waals surface area contributed by atoms with Crippen LogP contribution in [0, 0.1) is 5.82 Å². The van der Waals surface area contributed by atoms with E-state index in [4.69, 9.17) is 4.74 Å². The van der Waals surface area contributed by atoms with Gasteiger partial charge in [0.2, 0.25) is 0 Å². The van der Waals surface area contributed by atoms with Gasteiger partial charge >= 0.3 is 0 Å². The van der Waals surface area contributed by atoms with Crippen molar-refractivity contribution < 1.29 is 9.13 Å². The van der Waals surface area contributed by atoms with E-state index in [1.807, 2.05) is 18.2 Å². The third-order valence-electron chi connectivity index (χ3n) is 2.82. The molecule has 1 N–H and O–H groups in total. The molecule has 0 unspecified atom stereocenters. The number of hydrogen-bond acceptors (Lipinski definition) is 3. The summed E-state index contributed by atoms with van der Waals surface area (Å²) in [5.74, 6) is 0.220. The SMILES string of the molecule is CC(C)NCc1cc(F)cc(OCc2ccc(Br)cn2)c1. The Morgan fingerprint density at radius 2 is 2.10 bits per heavy atom. The van der Waals surface area contributed by atoms with E-state index in [0.717, 1.165) is 15.7 Å². The quantitative estimate of drug-likeness (QED) is 0.851. The maximum Gasteiger partial charge on any atom is 0.130 e. The zero-order valence-electron chi connectivity index (χ0n) is 12.1. The summed E-state index contributed by atoms with van der Waals surface area (Å²) in [6.07, 6.45) is 1.71. The molecule has 1 aromatic carbocycles. The van der Waals surface area contributed by atoms with Gasteiger partial charge < -0.3 is 10.1 Å². The number of pyridine rings is 1. The first-order chi connectivity index (χ1) is 10.0. The average Bonchev–Trinajstić information content (AvgIpc) is 2.44. The topological polar surface area (TPSA) is 34.1 Å². The minimum absolute atomic E-state index is 0.295. The minimum Gasteiger partial charge on any atom is -0.487 e. The first kappa shape index (κ1) is 15.9. The van der Waals surface area contributed by atoms with Crippen molar-refractivity contribution in [2.45, 2.75) is 33.0 Å². The summed E-state index contributed by atoms with van der Waals surface area (Å²) in [5.41, 5.74) is 1.66. The molecule has 0 aliphatic rings. The molecule has 0 aliphatic carbocycles. The molecule has 5 heteroatoms. The number of benzene rings is 1. The Bertz CT molecular complexity index is 587. The lowest BCUT2D eigenvalue weighted by Crippen LogP contribution is -2.21. The number of rotatable bonds is 6. The largest absolute Gasteiger partial charge is 0.487 e. The van der Waals surface area contributed by atoms with Crippen LogP contribution >= 0.6 is 15.9 Å². The molecule has 2 aromatic rings. The second-order valence-electron chi connectivity index (χ2n) is 5.09. The number of nitrogens with zero attached hydrogens (tertiary/aromatic N) is 1. The van der Waals surface area contributed by atoms with Crippen LogP contribution in [0.3, 0.4) is 0 Å². The lowest BCUT2D eigenvalue weighted by atomic mass is 10.2. The fourth-order valence-corrected chi connectivity index (χ4v) is 2.01. The summed E-state index contributed by atoms with van der Waals surface area (Å²) >= 11 is 3.33.